The Labute approximate surface area is 66.5 Å². The Morgan fingerprint density at radius 1 is 1.50 bits per heavy atom. The van der Waals surface area contributed by atoms with E-state index in [9.17, 15) is 4.79 Å². The number of rotatable bonds is 0. The zero-order valence-corrected chi connectivity index (χ0v) is 5.98. The molecule has 0 saturated carbocycles. The molecule has 0 atom stereocenters. The molecule has 0 aliphatic rings. The second-order valence-electron chi connectivity index (χ2n) is 2.21. The van der Waals surface area contributed by atoms with E-state index in [1.54, 1.807) is 0 Å². The fourth-order valence-corrected chi connectivity index (χ4v) is 0.853. The van der Waals surface area contributed by atoms with Gasteiger partial charge in [0.15, 0.2) is 11.5 Å². The quantitative estimate of drug-likeness (QED) is 0.535. The van der Waals surface area contributed by atoms with Crippen molar-refractivity contribution >= 4 is 17.0 Å². The van der Waals surface area contributed by atoms with Crippen molar-refractivity contribution in [2.24, 2.45) is 0 Å². The standard InChI is InChI=1S/C6H5N5O/c7-4-6(12)11-5-3(10-4)1-8-2-9-5/h1-2H,(H2,7,10)(H,8,9,11,12). The molecular formula is C6H5N5O. The van der Waals surface area contributed by atoms with Gasteiger partial charge in [-0.1, -0.05) is 0 Å². The topological polar surface area (TPSA) is 97.5 Å². The van der Waals surface area contributed by atoms with Gasteiger partial charge in [-0.3, -0.25) is 4.79 Å². The van der Waals surface area contributed by atoms with E-state index in [1.165, 1.54) is 12.5 Å². The van der Waals surface area contributed by atoms with Crippen LogP contribution in [0.2, 0.25) is 0 Å². The zero-order chi connectivity index (χ0) is 8.55. The molecule has 3 N–H and O–H groups in total. The maximum Gasteiger partial charge on any atom is 0.292 e. The van der Waals surface area contributed by atoms with Crippen LogP contribution in [0.25, 0.3) is 11.2 Å². The summed E-state index contributed by atoms with van der Waals surface area (Å²) in [4.78, 5) is 24.7. The van der Waals surface area contributed by atoms with Crippen LogP contribution in [0.1, 0.15) is 0 Å². The van der Waals surface area contributed by atoms with Gasteiger partial charge in [0.2, 0.25) is 0 Å². The van der Waals surface area contributed by atoms with Gasteiger partial charge in [0.1, 0.15) is 11.8 Å². The number of fused-ring (bicyclic) bond motifs is 1. The second kappa shape index (κ2) is 2.26. The second-order valence-corrected chi connectivity index (χ2v) is 2.21. The average Bonchev–Trinajstić information content (AvgIpc) is 2.07. The summed E-state index contributed by atoms with van der Waals surface area (Å²) in [5.41, 5.74) is 5.72. The lowest BCUT2D eigenvalue weighted by Crippen LogP contribution is -2.14. The van der Waals surface area contributed by atoms with Crippen molar-refractivity contribution in [3.05, 3.63) is 22.9 Å². The molecule has 0 saturated heterocycles. The number of hydrogen-bond donors (Lipinski definition) is 2. The van der Waals surface area contributed by atoms with E-state index in [0.717, 1.165) is 0 Å². The van der Waals surface area contributed by atoms with Crippen LogP contribution >= 0.6 is 0 Å². The first-order valence-electron chi connectivity index (χ1n) is 3.23. The van der Waals surface area contributed by atoms with E-state index in [2.05, 4.69) is 19.9 Å². The summed E-state index contributed by atoms with van der Waals surface area (Å²) in [5, 5.41) is 0. The number of nitrogens with zero attached hydrogens (tertiary/aromatic N) is 3. The number of nitrogen functional groups attached to an aromatic ring is 1. The summed E-state index contributed by atoms with van der Waals surface area (Å²) in [7, 11) is 0. The number of aromatic amines is 1. The van der Waals surface area contributed by atoms with Gasteiger partial charge in [0, 0.05) is 0 Å². The van der Waals surface area contributed by atoms with E-state index >= 15 is 0 Å². The van der Waals surface area contributed by atoms with Crippen LogP contribution in [0.4, 0.5) is 5.82 Å². The minimum absolute atomic E-state index is 0.0719. The molecule has 6 heteroatoms. The van der Waals surface area contributed by atoms with Crippen LogP contribution in [-0.4, -0.2) is 19.9 Å². The number of hydrogen-bond acceptors (Lipinski definition) is 5. The molecule has 0 aliphatic heterocycles. The Hall–Kier alpha value is -1.98. The highest BCUT2D eigenvalue weighted by atomic mass is 16.1. The third-order valence-corrected chi connectivity index (χ3v) is 1.40. The van der Waals surface area contributed by atoms with Crippen LogP contribution in [0.3, 0.4) is 0 Å². The highest BCUT2D eigenvalue weighted by Gasteiger charge is 1.99. The van der Waals surface area contributed by atoms with Crippen molar-refractivity contribution in [2.75, 3.05) is 5.73 Å². The molecule has 0 bridgehead atoms. The van der Waals surface area contributed by atoms with Gasteiger partial charge in [-0.05, 0) is 0 Å². The van der Waals surface area contributed by atoms with Crippen LogP contribution < -0.4 is 11.3 Å². The first kappa shape index (κ1) is 6.71. The lowest BCUT2D eigenvalue weighted by atomic mass is 10.5. The highest BCUT2D eigenvalue weighted by Crippen LogP contribution is 2.00. The molecule has 2 aromatic rings. The normalized spacial score (nSPS) is 10.3. The molecule has 60 valence electrons. The molecule has 0 amide bonds. The molecule has 0 aromatic carbocycles. The summed E-state index contributed by atoms with van der Waals surface area (Å²) < 4.78 is 0. The van der Waals surface area contributed by atoms with E-state index in [0.29, 0.717) is 11.2 Å². The number of nitrogens with two attached hydrogens (primary N) is 1. The molecule has 6 nitrogen and oxygen atoms in total. The van der Waals surface area contributed by atoms with Gasteiger partial charge >= 0.3 is 0 Å². The maximum atomic E-state index is 10.9. The maximum absolute atomic E-state index is 10.9. The van der Waals surface area contributed by atoms with Crippen LogP contribution in [0, 0.1) is 0 Å². The first-order chi connectivity index (χ1) is 5.77. The Balaban J connectivity index is 2.93. The van der Waals surface area contributed by atoms with Gasteiger partial charge in [0.25, 0.3) is 5.56 Å². The molecular weight excluding hydrogens is 158 g/mol. The zero-order valence-electron chi connectivity index (χ0n) is 5.98. The van der Waals surface area contributed by atoms with E-state index in [1.807, 2.05) is 0 Å². The van der Waals surface area contributed by atoms with Crippen molar-refractivity contribution in [3.8, 4) is 0 Å². The van der Waals surface area contributed by atoms with Crippen molar-refractivity contribution in [3.63, 3.8) is 0 Å². The third kappa shape index (κ3) is 0.895. The number of H-pyrrole nitrogens is 1. The predicted octanol–water partition coefficient (Wildman–Crippen LogP) is -0.705. The summed E-state index contributed by atoms with van der Waals surface area (Å²) in [5.74, 6) is -0.0719. The molecule has 0 aliphatic carbocycles. The van der Waals surface area contributed by atoms with Crippen molar-refractivity contribution < 1.29 is 0 Å². The fourth-order valence-electron chi connectivity index (χ4n) is 0.853. The largest absolute Gasteiger partial charge is 0.379 e. The molecule has 0 unspecified atom stereocenters. The smallest absolute Gasteiger partial charge is 0.292 e. The minimum Gasteiger partial charge on any atom is -0.379 e. The SMILES string of the molecule is Nc1nc2cncnc2[nH]c1=O. The van der Waals surface area contributed by atoms with E-state index < -0.39 is 5.56 Å². The average molecular weight is 163 g/mol. The molecule has 0 fully saturated rings. The van der Waals surface area contributed by atoms with E-state index in [-0.39, 0.29) is 5.82 Å². The predicted molar refractivity (Wildman–Crippen MR) is 42.4 cm³/mol. The molecule has 0 radical (unpaired) electrons. The lowest BCUT2D eigenvalue weighted by Gasteiger charge is -1.94. The summed E-state index contributed by atoms with van der Waals surface area (Å²) >= 11 is 0. The minimum atomic E-state index is -0.429. The monoisotopic (exact) mass is 163 g/mol. The van der Waals surface area contributed by atoms with Crippen molar-refractivity contribution in [1.29, 1.82) is 0 Å². The lowest BCUT2D eigenvalue weighted by molar-refractivity contribution is 1.12. The molecule has 2 heterocycles. The van der Waals surface area contributed by atoms with Crippen LogP contribution in [-0.2, 0) is 0 Å². The molecule has 0 spiro atoms. The van der Waals surface area contributed by atoms with Crippen molar-refractivity contribution in [1.82, 2.24) is 19.9 Å². The Bertz CT molecular complexity index is 477. The fraction of sp³-hybridized carbons (Fsp3) is 0. The highest BCUT2D eigenvalue weighted by molar-refractivity contribution is 5.68. The summed E-state index contributed by atoms with van der Waals surface area (Å²) in [6, 6.07) is 0. The van der Waals surface area contributed by atoms with Crippen LogP contribution in [0.5, 0.6) is 0 Å². The molecule has 12 heavy (non-hydrogen) atoms. The van der Waals surface area contributed by atoms with Crippen LogP contribution in [0.15, 0.2) is 17.3 Å². The third-order valence-electron chi connectivity index (χ3n) is 1.40. The Morgan fingerprint density at radius 2 is 2.33 bits per heavy atom. The van der Waals surface area contributed by atoms with Gasteiger partial charge < -0.3 is 10.7 Å². The first-order valence-corrected chi connectivity index (χ1v) is 3.23. The van der Waals surface area contributed by atoms with Gasteiger partial charge in [0.05, 0.1) is 6.20 Å². The molecule has 2 aromatic heterocycles. The summed E-state index contributed by atoms with van der Waals surface area (Å²) in [6.45, 7) is 0. The number of anilines is 1. The Kier molecular flexibility index (Phi) is 1.26. The van der Waals surface area contributed by atoms with E-state index in [4.69, 9.17) is 5.73 Å². The van der Waals surface area contributed by atoms with Gasteiger partial charge in [-0.2, -0.15) is 0 Å². The summed E-state index contributed by atoms with van der Waals surface area (Å²) in [6.07, 6.45) is 2.81. The number of nitrogens with one attached hydrogen (secondary N) is 1. The Morgan fingerprint density at radius 3 is 3.17 bits per heavy atom. The van der Waals surface area contributed by atoms with Gasteiger partial charge in [-0.15, -0.1) is 0 Å². The number of aromatic nitrogens is 4. The van der Waals surface area contributed by atoms with Gasteiger partial charge in [-0.25, -0.2) is 15.0 Å². The molecule has 2 rings (SSSR count). The van der Waals surface area contributed by atoms with Crippen molar-refractivity contribution in [2.45, 2.75) is 0 Å².